The molecule has 0 saturated heterocycles. The van der Waals surface area contributed by atoms with Crippen molar-refractivity contribution in [3.63, 3.8) is 0 Å². The van der Waals surface area contributed by atoms with Crippen LogP contribution in [0.1, 0.15) is 44.8 Å². The van der Waals surface area contributed by atoms with E-state index in [9.17, 15) is 14.4 Å². The Morgan fingerprint density at radius 3 is 2.40 bits per heavy atom. The first-order valence-electron chi connectivity index (χ1n) is 9.47. The van der Waals surface area contributed by atoms with Crippen molar-refractivity contribution in [1.82, 2.24) is 4.57 Å². The summed E-state index contributed by atoms with van der Waals surface area (Å²) in [4.78, 5) is 35.7. The number of ether oxygens (including phenoxy) is 2. The maximum Gasteiger partial charge on any atom is 0.344 e. The average molecular weight is 409 g/mol. The van der Waals surface area contributed by atoms with Gasteiger partial charge in [-0.1, -0.05) is 0 Å². The van der Waals surface area contributed by atoms with Gasteiger partial charge in [-0.25, -0.2) is 4.79 Å². The Bertz CT molecular complexity index is 1040. The molecule has 7 nitrogen and oxygen atoms in total. The third kappa shape index (κ3) is 5.05. The molecule has 156 valence electrons. The lowest BCUT2D eigenvalue weighted by Crippen LogP contribution is -2.20. The predicted octanol–water partition coefficient (Wildman–Crippen LogP) is 3.75. The first-order valence-corrected chi connectivity index (χ1v) is 9.47. The predicted molar refractivity (Wildman–Crippen MR) is 109 cm³/mol. The van der Waals surface area contributed by atoms with Gasteiger partial charge >= 0.3 is 5.97 Å². The number of hydrogen-bond donors (Lipinski definition) is 0. The lowest BCUT2D eigenvalue weighted by Gasteiger charge is -2.09. The van der Waals surface area contributed by atoms with Gasteiger partial charge in [0, 0.05) is 22.5 Å². The van der Waals surface area contributed by atoms with Crippen LogP contribution >= 0.6 is 0 Å². The van der Waals surface area contributed by atoms with Gasteiger partial charge in [0.2, 0.25) is 5.78 Å². The number of carbonyl (C=O) groups is 3. The van der Waals surface area contributed by atoms with Gasteiger partial charge < -0.3 is 18.5 Å². The molecule has 0 atom stereocenters. The van der Waals surface area contributed by atoms with Crippen LogP contribution in [0.4, 0.5) is 0 Å². The number of rotatable bonds is 9. The summed E-state index contributed by atoms with van der Waals surface area (Å²) in [6, 6.07) is 11.9. The van der Waals surface area contributed by atoms with Gasteiger partial charge in [0.05, 0.1) is 12.8 Å². The van der Waals surface area contributed by atoms with Crippen molar-refractivity contribution < 1.29 is 28.3 Å². The van der Waals surface area contributed by atoms with E-state index in [1.54, 1.807) is 36.6 Å². The van der Waals surface area contributed by atoms with Crippen LogP contribution in [0.15, 0.2) is 53.1 Å². The molecule has 7 heteroatoms. The van der Waals surface area contributed by atoms with E-state index in [2.05, 4.69) is 0 Å². The Kier molecular flexibility index (Phi) is 6.51. The van der Waals surface area contributed by atoms with Crippen LogP contribution < -0.4 is 4.74 Å². The zero-order valence-electron chi connectivity index (χ0n) is 17.1. The fourth-order valence-electron chi connectivity index (χ4n) is 3.08. The summed E-state index contributed by atoms with van der Waals surface area (Å²) in [7, 11) is 0. The SMILES string of the molecule is CC(=O)c1ccc(OCC(=O)OCC(=O)c2cc(C)n(Cc3ccco3)c2C)cc1. The minimum Gasteiger partial charge on any atom is -0.482 e. The molecule has 0 aliphatic carbocycles. The summed E-state index contributed by atoms with van der Waals surface area (Å²) in [5.74, 6) is 0.236. The summed E-state index contributed by atoms with van der Waals surface area (Å²) >= 11 is 0. The Balaban J connectivity index is 1.52. The van der Waals surface area contributed by atoms with Crippen molar-refractivity contribution in [3.8, 4) is 5.75 Å². The topological polar surface area (TPSA) is 87.7 Å². The third-order valence-corrected chi connectivity index (χ3v) is 4.75. The maximum absolute atomic E-state index is 12.5. The van der Waals surface area contributed by atoms with Gasteiger partial charge in [0.15, 0.2) is 19.0 Å². The highest BCUT2D eigenvalue weighted by Crippen LogP contribution is 2.18. The normalized spacial score (nSPS) is 10.6. The first-order chi connectivity index (χ1) is 14.3. The molecule has 3 rings (SSSR count). The molecule has 0 amide bonds. The fraction of sp³-hybridized carbons (Fsp3) is 0.261. The van der Waals surface area contributed by atoms with E-state index < -0.39 is 5.97 Å². The van der Waals surface area contributed by atoms with Gasteiger partial charge in [-0.05, 0) is 63.2 Å². The zero-order valence-corrected chi connectivity index (χ0v) is 17.1. The van der Waals surface area contributed by atoms with E-state index in [1.807, 2.05) is 30.5 Å². The number of furan rings is 1. The molecule has 0 aliphatic heterocycles. The second-order valence-electron chi connectivity index (χ2n) is 6.90. The minimum absolute atomic E-state index is 0.0528. The van der Waals surface area contributed by atoms with Crippen LogP contribution in [0.2, 0.25) is 0 Å². The minimum atomic E-state index is -0.650. The first kappa shape index (κ1) is 21.1. The van der Waals surface area contributed by atoms with Crippen molar-refractivity contribution in [2.75, 3.05) is 13.2 Å². The molecule has 1 aromatic carbocycles. The molecule has 0 aliphatic rings. The third-order valence-electron chi connectivity index (χ3n) is 4.75. The summed E-state index contributed by atoms with van der Waals surface area (Å²) < 4.78 is 17.7. The van der Waals surface area contributed by atoms with E-state index in [1.165, 1.54) is 6.92 Å². The summed E-state index contributed by atoms with van der Waals surface area (Å²) in [6.07, 6.45) is 1.61. The number of benzene rings is 1. The van der Waals surface area contributed by atoms with E-state index in [4.69, 9.17) is 13.9 Å². The molecule has 0 unspecified atom stereocenters. The van der Waals surface area contributed by atoms with Crippen molar-refractivity contribution in [1.29, 1.82) is 0 Å². The lowest BCUT2D eigenvalue weighted by molar-refractivity contribution is -0.144. The van der Waals surface area contributed by atoms with E-state index >= 15 is 0 Å². The highest BCUT2D eigenvalue weighted by atomic mass is 16.6. The summed E-state index contributed by atoms with van der Waals surface area (Å²) in [6.45, 7) is 5.05. The van der Waals surface area contributed by atoms with Crippen LogP contribution in [-0.4, -0.2) is 35.3 Å². The van der Waals surface area contributed by atoms with Gasteiger partial charge in [0.1, 0.15) is 11.5 Å². The molecule has 0 radical (unpaired) electrons. The molecular formula is C23H23NO6. The summed E-state index contributed by atoms with van der Waals surface area (Å²) in [5, 5.41) is 0. The van der Waals surface area contributed by atoms with Crippen LogP contribution in [-0.2, 0) is 16.1 Å². The zero-order chi connectivity index (χ0) is 21.7. The van der Waals surface area contributed by atoms with Crippen LogP contribution in [0, 0.1) is 13.8 Å². The van der Waals surface area contributed by atoms with Crippen LogP contribution in [0.25, 0.3) is 0 Å². The number of aryl methyl sites for hydroxylation is 1. The molecule has 0 spiro atoms. The highest BCUT2D eigenvalue weighted by molar-refractivity contribution is 5.99. The largest absolute Gasteiger partial charge is 0.482 e. The molecule has 0 bridgehead atoms. The van der Waals surface area contributed by atoms with E-state index in [0.717, 1.165) is 17.1 Å². The molecule has 30 heavy (non-hydrogen) atoms. The Labute approximate surface area is 174 Å². The standard InChI is InChI=1S/C23H23NO6/c1-15-11-21(16(2)24(15)12-20-5-4-10-28-20)22(26)13-30-23(27)14-29-19-8-6-18(7-9-19)17(3)25/h4-11H,12-14H2,1-3H3. The van der Waals surface area contributed by atoms with E-state index in [0.29, 0.717) is 23.4 Å². The second kappa shape index (κ2) is 9.26. The van der Waals surface area contributed by atoms with Crippen molar-refractivity contribution in [2.45, 2.75) is 27.3 Å². The number of hydrogen-bond acceptors (Lipinski definition) is 6. The molecule has 3 aromatic rings. The Hall–Kier alpha value is -3.61. The number of carbonyl (C=O) groups excluding carboxylic acids is 3. The quantitative estimate of drug-likeness (QED) is 0.395. The molecule has 0 fully saturated rings. The monoisotopic (exact) mass is 409 g/mol. The number of Topliss-reactive ketones (excluding diaryl/α,β-unsaturated/α-hetero) is 2. The lowest BCUT2D eigenvalue weighted by atomic mass is 10.1. The van der Waals surface area contributed by atoms with Gasteiger partial charge in [-0.15, -0.1) is 0 Å². The van der Waals surface area contributed by atoms with Gasteiger partial charge in [-0.3, -0.25) is 9.59 Å². The van der Waals surface area contributed by atoms with Crippen molar-refractivity contribution in [2.24, 2.45) is 0 Å². The number of ketones is 2. The number of nitrogens with zero attached hydrogens (tertiary/aromatic N) is 1. The Morgan fingerprint density at radius 2 is 1.77 bits per heavy atom. The molecule has 0 N–H and O–H groups in total. The van der Waals surface area contributed by atoms with Crippen molar-refractivity contribution >= 4 is 17.5 Å². The fourth-order valence-corrected chi connectivity index (χ4v) is 3.08. The molecule has 2 heterocycles. The van der Waals surface area contributed by atoms with Gasteiger partial charge in [0.25, 0.3) is 0 Å². The summed E-state index contributed by atoms with van der Waals surface area (Å²) in [5.41, 5.74) is 2.76. The maximum atomic E-state index is 12.5. The highest BCUT2D eigenvalue weighted by Gasteiger charge is 2.18. The molecular weight excluding hydrogens is 386 g/mol. The van der Waals surface area contributed by atoms with Crippen LogP contribution in [0.3, 0.4) is 0 Å². The number of esters is 1. The second-order valence-corrected chi connectivity index (χ2v) is 6.90. The molecule has 0 saturated carbocycles. The average Bonchev–Trinajstić information content (AvgIpc) is 3.34. The molecule has 2 aromatic heterocycles. The van der Waals surface area contributed by atoms with Crippen LogP contribution in [0.5, 0.6) is 5.75 Å². The van der Waals surface area contributed by atoms with E-state index in [-0.39, 0.29) is 24.8 Å². The Morgan fingerprint density at radius 1 is 1.03 bits per heavy atom. The number of aromatic nitrogens is 1. The van der Waals surface area contributed by atoms with Crippen molar-refractivity contribution in [3.05, 3.63) is 77.0 Å². The van der Waals surface area contributed by atoms with Gasteiger partial charge in [-0.2, -0.15) is 0 Å². The smallest absolute Gasteiger partial charge is 0.344 e.